The highest BCUT2D eigenvalue weighted by molar-refractivity contribution is 5.43. The molecule has 4 heterocycles. The molecular weight excluding hydrogens is 314 g/mol. The van der Waals surface area contributed by atoms with Gasteiger partial charge in [-0.25, -0.2) is 9.97 Å². The number of nitrogens with zero attached hydrogens (tertiary/aromatic N) is 7. The van der Waals surface area contributed by atoms with Crippen LogP contribution >= 0.6 is 0 Å². The van der Waals surface area contributed by atoms with E-state index in [9.17, 15) is 0 Å². The molecule has 3 aromatic rings. The second-order valence-electron chi connectivity index (χ2n) is 7.06. The average molecular weight is 335 g/mol. The van der Waals surface area contributed by atoms with Gasteiger partial charge in [0.25, 0.3) is 0 Å². The van der Waals surface area contributed by atoms with Crippen LogP contribution in [0, 0.1) is 6.92 Å². The summed E-state index contributed by atoms with van der Waals surface area (Å²) in [5.41, 5.74) is 4.46. The Morgan fingerprint density at radius 2 is 2.00 bits per heavy atom. The zero-order valence-corrected chi connectivity index (χ0v) is 14.4. The van der Waals surface area contributed by atoms with Crippen LogP contribution in [0.15, 0.2) is 18.3 Å². The molecule has 0 radical (unpaired) electrons. The van der Waals surface area contributed by atoms with Crippen molar-refractivity contribution in [2.75, 3.05) is 18.0 Å². The molecule has 7 nitrogen and oxygen atoms in total. The highest BCUT2D eigenvalue weighted by atomic mass is 15.4. The summed E-state index contributed by atoms with van der Waals surface area (Å²) < 4.78 is 1.98. The van der Waals surface area contributed by atoms with Gasteiger partial charge in [-0.1, -0.05) is 0 Å². The van der Waals surface area contributed by atoms with Crippen LogP contribution in [-0.2, 0) is 12.8 Å². The van der Waals surface area contributed by atoms with E-state index in [2.05, 4.69) is 31.1 Å². The van der Waals surface area contributed by atoms with Crippen molar-refractivity contribution in [3.63, 3.8) is 0 Å². The Labute approximate surface area is 146 Å². The Bertz CT molecular complexity index is 924. The lowest BCUT2D eigenvalue weighted by Gasteiger charge is -2.31. The van der Waals surface area contributed by atoms with Gasteiger partial charge in [0.05, 0.1) is 5.69 Å². The summed E-state index contributed by atoms with van der Waals surface area (Å²) in [6.07, 6.45) is 7.28. The van der Waals surface area contributed by atoms with Gasteiger partial charge in [-0.3, -0.25) is 0 Å². The van der Waals surface area contributed by atoms with Crippen molar-refractivity contribution in [2.45, 2.75) is 44.9 Å². The van der Waals surface area contributed by atoms with Gasteiger partial charge in [0, 0.05) is 30.9 Å². The first kappa shape index (κ1) is 14.7. The first-order valence-electron chi connectivity index (χ1n) is 9.06. The van der Waals surface area contributed by atoms with Crippen LogP contribution in [0.4, 0.5) is 5.95 Å². The lowest BCUT2D eigenvalue weighted by atomic mass is 9.96. The zero-order valence-electron chi connectivity index (χ0n) is 14.4. The average Bonchev–Trinajstić information content (AvgIpc) is 3.26. The minimum atomic E-state index is 0.392. The fraction of sp³-hybridized carbons (Fsp3) is 0.500. The maximum absolute atomic E-state index is 4.83. The van der Waals surface area contributed by atoms with Crippen molar-refractivity contribution in [3.8, 4) is 0 Å². The number of hydrogen-bond acceptors (Lipinski definition) is 6. The molecule has 1 aliphatic heterocycles. The molecule has 1 saturated heterocycles. The molecule has 0 atom stereocenters. The smallest absolute Gasteiger partial charge is 0.225 e. The predicted molar refractivity (Wildman–Crippen MR) is 93.8 cm³/mol. The maximum Gasteiger partial charge on any atom is 0.225 e. The van der Waals surface area contributed by atoms with Crippen molar-refractivity contribution >= 4 is 11.6 Å². The minimum Gasteiger partial charge on any atom is -0.341 e. The fourth-order valence-corrected chi connectivity index (χ4v) is 3.97. The zero-order chi connectivity index (χ0) is 16.8. The fourth-order valence-electron chi connectivity index (χ4n) is 3.97. The molecule has 1 aliphatic carbocycles. The molecule has 0 aromatic carbocycles. The Morgan fingerprint density at radius 3 is 2.84 bits per heavy atom. The van der Waals surface area contributed by atoms with E-state index in [1.807, 2.05) is 23.7 Å². The van der Waals surface area contributed by atoms with Crippen LogP contribution < -0.4 is 4.90 Å². The summed E-state index contributed by atoms with van der Waals surface area (Å²) in [4.78, 5) is 11.2. The van der Waals surface area contributed by atoms with Gasteiger partial charge in [-0.05, 0) is 56.7 Å². The summed E-state index contributed by atoms with van der Waals surface area (Å²) in [7, 11) is 0. The van der Waals surface area contributed by atoms with E-state index in [4.69, 9.17) is 5.10 Å². The maximum atomic E-state index is 4.83. The van der Waals surface area contributed by atoms with Crippen LogP contribution in [0.3, 0.4) is 0 Å². The number of aryl methyl sites for hydroxylation is 3. The van der Waals surface area contributed by atoms with Crippen LogP contribution in [-0.4, -0.2) is 42.9 Å². The minimum absolute atomic E-state index is 0.392. The van der Waals surface area contributed by atoms with Crippen LogP contribution in [0.2, 0.25) is 0 Å². The number of piperidine rings is 1. The lowest BCUT2D eigenvalue weighted by Crippen LogP contribution is -2.34. The van der Waals surface area contributed by atoms with Crippen molar-refractivity contribution in [1.82, 2.24) is 29.8 Å². The number of anilines is 1. The highest BCUT2D eigenvalue weighted by Crippen LogP contribution is 2.29. The Kier molecular flexibility index (Phi) is 3.39. The van der Waals surface area contributed by atoms with E-state index in [1.165, 1.54) is 17.7 Å². The quantitative estimate of drug-likeness (QED) is 0.714. The molecule has 2 aliphatic rings. The number of aromatic nitrogens is 6. The Hall–Kier alpha value is -2.57. The molecule has 0 N–H and O–H groups in total. The topological polar surface area (TPSA) is 72.1 Å². The Balaban J connectivity index is 1.38. The van der Waals surface area contributed by atoms with Crippen molar-refractivity contribution in [3.05, 3.63) is 41.1 Å². The first-order chi connectivity index (χ1) is 12.3. The third-order valence-corrected chi connectivity index (χ3v) is 5.37. The normalized spacial score (nSPS) is 18.0. The summed E-state index contributed by atoms with van der Waals surface area (Å²) in [6.45, 7) is 3.88. The van der Waals surface area contributed by atoms with Gasteiger partial charge in [-0.15, -0.1) is 10.2 Å². The Morgan fingerprint density at radius 1 is 1.12 bits per heavy atom. The third kappa shape index (κ3) is 2.54. The molecule has 5 rings (SSSR count). The van der Waals surface area contributed by atoms with E-state index in [-0.39, 0.29) is 0 Å². The third-order valence-electron chi connectivity index (χ3n) is 5.37. The summed E-state index contributed by atoms with van der Waals surface area (Å²) in [6, 6.07) is 4.10. The molecule has 0 amide bonds. The van der Waals surface area contributed by atoms with Crippen molar-refractivity contribution in [1.29, 1.82) is 0 Å². The standard InChI is InChI=1S/C18H21N7/c1-12-5-8-19-18(20-12)24-9-6-13(7-10-24)17-22-21-16-11-14-3-2-4-15(14)23-25(16)17/h5,8,11,13H,2-4,6-7,9-10H2,1H3. The van der Waals surface area contributed by atoms with E-state index >= 15 is 0 Å². The van der Waals surface area contributed by atoms with Crippen LogP contribution in [0.25, 0.3) is 5.65 Å². The number of hydrogen-bond donors (Lipinski definition) is 0. The molecule has 128 valence electrons. The largest absolute Gasteiger partial charge is 0.341 e. The highest BCUT2D eigenvalue weighted by Gasteiger charge is 2.27. The van der Waals surface area contributed by atoms with E-state index in [0.717, 1.165) is 61.9 Å². The molecular formula is C18H21N7. The number of rotatable bonds is 2. The predicted octanol–water partition coefficient (Wildman–Crippen LogP) is 2.10. The lowest BCUT2D eigenvalue weighted by molar-refractivity contribution is 0.472. The van der Waals surface area contributed by atoms with E-state index < -0.39 is 0 Å². The molecule has 0 spiro atoms. The summed E-state index contributed by atoms with van der Waals surface area (Å²) >= 11 is 0. The summed E-state index contributed by atoms with van der Waals surface area (Å²) in [5, 5.41) is 13.7. The molecule has 0 bridgehead atoms. The summed E-state index contributed by atoms with van der Waals surface area (Å²) in [5.74, 6) is 2.23. The number of fused-ring (bicyclic) bond motifs is 2. The van der Waals surface area contributed by atoms with Gasteiger partial charge in [0.2, 0.25) is 5.95 Å². The molecule has 25 heavy (non-hydrogen) atoms. The van der Waals surface area contributed by atoms with Gasteiger partial charge < -0.3 is 4.90 Å². The SMILES string of the molecule is Cc1ccnc(N2CCC(c3nnc4cc5c(nn34)CCC5)CC2)n1. The second kappa shape index (κ2) is 5.75. The molecule has 1 fully saturated rings. The van der Waals surface area contributed by atoms with Gasteiger partial charge in [0.1, 0.15) is 0 Å². The molecule has 3 aromatic heterocycles. The van der Waals surface area contributed by atoms with E-state index in [1.54, 1.807) is 0 Å². The van der Waals surface area contributed by atoms with Crippen LogP contribution in [0.1, 0.15) is 48.0 Å². The van der Waals surface area contributed by atoms with Gasteiger partial charge >= 0.3 is 0 Å². The monoisotopic (exact) mass is 335 g/mol. The second-order valence-corrected chi connectivity index (χ2v) is 7.06. The molecule has 0 saturated carbocycles. The van der Waals surface area contributed by atoms with Crippen molar-refractivity contribution < 1.29 is 0 Å². The van der Waals surface area contributed by atoms with Crippen LogP contribution in [0.5, 0.6) is 0 Å². The van der Waals surface area contributed by atoms with E-state index in [0.29, 0.717) is 5.92 Å². The molecule has 0 unspecified atom stereocenters. The van der Waals surface area contributed by atoms with Crippen molar-refractivity contribution in [2.24, 2.45) is 0 Å². The van der Waals surface area contributed by atoms with Gasteiger partial charge in [-0.2, -0.15) is 9.61 Å². The molecule has 7 heteroatoms. The first-order valence-corrected chi connectivity index (χ1v) is 9.06. The van der Waals surface area contributed by atoms with Gasteiger partial charge in [0.15, 0.2) is 11.5 Å².